The van der Waals surface area contributed by atoms with Crippen LogP contribution in [-0.2, 0) is 6.54 Å². The Hall–Kier alpha value is -2.59. The number of quaternary nitrogens is 1. The molecule has 3 aromatic rings. The molecule has 0 radical (unpaired) electrons. The number of nitrogens with one attached hydrogen (secondary N) is 1. The van der Waals surface area contributed by atoms with E-state index in [4.69, 9.17) is 4.42 Å². The number of phenolic OH excluding ortho intramolecular Hbond substituents is 1. The Morgan fingerprint density at radius 1 is 1.04 bits per heavy atom. The molecule has 0 saturated carbocycles. The fourth-order valence-electron chi connectivity index (χ4n) is 2.98. The molecular weight excluding hydrogens is 302 g/mol. The minimum absolute atomic E-state index is 0.0711. The number of benzene rings is 2. The molecule has 2 aromatic carbocycles. The van der Waals surface area contributed by atoms with Crippen LogP contribution in [0.25, 0.3) is 22.1 Å². The maximum absolute atomic E-state index is 12.9. The van der Waals surface area contributed by atoms with Crippen molar-refractivity contribution in [3.63, 3.8) is 0 Å². The summed E-state index contributed by atoms with van der Waals surface area (Å²) in [7, 11) is 0. The second kappa shape index (κ2) is 6.89. The molecule has 0 aliphatic heterocycles. The minimum atomic E-state index is -0.0711. The van der Waals surface area contributed by atoms with Crippen molar-refractivity contribution in [3.8, 4) is 16.9 Å². The normalized spacial score (nSPS) is 11.3. The molecule has 0 aliphatic carbocycles. The van der Waals surface area contributed by atoms with Gasteiger partial charge in [0, 0.05) is 0 Å². The fourth-order valence-corrected chi connectivity index (χ4v) is 2.98. The van der Waals surface area contributed by atoms with Crippen LogP contribution < -0.4 is 10.3 Å². The van der Waals surface area contributed by atoms with Crippen LogP contribution in [0, 0.1) is 0 Å². The first kappa shape index (κ1) is 16.3. The molecule has 0 amide bonds. The van der Waals surface area contributed by atoms with E-state index in [2.05, 4.69) is 13.8 Å². The van der Waals surface area contributed by atoms with Gasteiger partial charge in [-0.15, -0.1) is 0 Å². The van der Waals surface area contributed by atoms with Crippen molar-refractivity contribution in [2.75, 3.05) is 13.1 Å². The maximum Gasteiger partial charge on any atom is 0.200 e. The summed E-state index contributed by atoms with van der Waals surface area (Å²) in [6, 6.07) is 12.7. The van der Waals surface area contributed by atoms with Gasteiger partial charge in [-0.1, -0.05) is 30.3 Å². The summed E-state index contributed by atoms with van der Waals surface area (Å²) in [5, 5.41) is 10.8. The zero-order valence-corrected chi connectivity index (χ0v) is 14.0. The van der Waals surface area contributed by atoms with E-state index in [1.807, 2.05) is 30.3 Å². The fraction of sp³-hybridized carbons (Fsp3) is 0.250. The van der Waals surface area contributed by atoms with Crippen LogP contribution in [0.1, 0.15) is 19.4 Å². The van der Waals surface area contributed by atoms with Crippen LogP contribution in [0.15, 0.2) is 57.9 Å². The standard InChI is InChI=1S/C20H21NO3/c1-3-21(4-2)12-16-18(22)11-10-15-19(23)17(13-24-20(15)16)14-8-6-5-7-9-14/h5-11,13,22H,3-4,12H2,1-2H3/p+1. The highest BCUT2D eigenvalue weighted by Crippen LogP contribution is 2.27. The van der Waals surface area contributed by atoms with Crippen molar-refractivity contribution < 1.29 is 14.4 Å². The van der Waals surface area contributed by atoms with Crippen molar-refractivity contribution in [1.29, 1.82) is 0 Å². The molecule has 2 N–H and O–H groups in total. The van der Waals surface area contributed by atoms with Gasteiger partial charge in [0.2, 0.25) is 5.43 Å². The van der Waals surface area contributed by atoms with Crippen LogP contribution in [0.3, 0.4) is 0 Å². The second-order valence-electron chi connectivity index (χ2n) is 5.92. The van der Waals surface area contributed by atoms with Crippen molar-refractivity contribution >= 4 is 11.0 Å². The summed E-state index contributed by atoms with van der Waals surface area (Å²) in [5.74, 6) is 0.178. The van der Waals surface area contributed by atoms with E-state index < -0.39 is 0 Å². The van der Waals surface area contributed by atoms with Gasteiger partial charge in [-0.25, -0.2) is 0 Å². The molecule has 0 bridgehead atoms. The maximum atomic E-state index is 12.9. The van der Waals surface area contributed by atoms with E-state index in [1.54, 1.807) is 12.1 Å². The number of rotatable bonds is 5. The summed E-state index contributed by atoms with van der Waals surface area (Å²) in [5.41, 5.74) is 2.48. The zero-order chi connectivity index (χ0) is 17.1. The molecule has 4 heteroatoms. The van der Waals surface area contributed by atoms with Crippen molar-refractivity contribution in [3.05, 3.63) is 64.5 Å². The van der Waals surface area contributed by atoms with Gasteiger partial charge in [0.05, 0.1) is 29.6 Å². The van der Waals surface area contributed by atoms with E-state index in [9.17, 15) is 9.90 Å². The molecule has 0 aliphatic rings. The highest BCUT2D eigenvalue weighted by molar-refractivity contribution is 5.85. The molecule has 0 spiro atoms. The van der Waals surface area contributed by atoms with Crippen molar-refractivity contribution in [2.24, 2.45) is 0 Å². The van der Waals surface area contributed by atoms with E-state index >= 15 is 0 Å². The number of aromatic hydroxyl groups is 1. The lowest BCUT2D eigenvalue weighted by Crippen LogP contribution is -3.10. The van der Waals surface area contributed by atoms with Crippen LogP contribution in [0.4, 0.5) is 0 Å². The third-order valence-corrected chi connectivity index (χ3v) is 4.53. The first-order valence-corrected chi connectivity index (χ1v) is 8.31. The van der Waals surface area contributed by atoms with Gasteiger partial charge in [0.25, 0.3) is 0 Å². The van der Waals surface area contributed by atoms with Crippen LogP contribution in [0.2, 0.25) is 0 Å². The summed E-state index contributed by atoms with van der Waals surface area (Å²) in [4.78, 5) is 14.2. The van der Waals surface area contributed by atoms with Crippen molar-refractivity contribution in [2.45, 2.75) is 20.4 Å². The number of hydrogen-bond acceptors (Lipinski definition) is 3. The van der Waals surface area contributed by atoms with E-state index in [-0.39, 0.29) is 11.2 Å². The number of phenols is 1. The van der Waals surface area contributed by atoms with Gasteiger partial charge in [-0.3, -0.25) is 4.79 Å². The average Bonchev–Trinajstić information content (AvgIpc) is 2.62. The summed E-state index contributed by atoms with van der Waals surface area (Å²) in [6.45, 7) is 6.72. The van der Waals surface area contributed by atoms with Gasteiger partial charge in [-0.05, 0) is 31.5 Å². The Morgan fingerprint density at radius 3 is 2.42 bits per heavy atom. The Kier molecular flexibility index (Phi) is 4.67. The third kappa shape index (κ3) is 2.93. The third-order valence-electron chi connectivity index (χ3n) is 4.53. The van der Waals surface area contributed by atoms with Gasteiger partial charge < -0.3 is 14.4 Å². The van der Waals surface area contributed by atoms with E-state index in [0.29, 0.717) is 28.6 Å². The molecule has 1 aromatic heterocycles. The highest BCUT2D eigenvalue weighted by atomic mass is 16.3. The lowest BCUT2D eigenvalue weighted by atomic mass is 10.0. The van der Waals surface area contributed by atoms with E-state index in [0.717, 1.165) is 18.7 Å². The second-order valence-corrected chi connectivity index (χ2v) is 5.92. The van der Waals surface area contributed by atoms with Crippen molar-refractivity contribution in [1.82, 2.24) is 0 Å². The molecular formula is C20H22NO3+. The van der Waals surface area contributed by atoms with Gasteiger partial charge in [0.1, 0.15) is 24.1 Å². The largest absolute Gasteiger partial charge is 0.507 e. The SMILES string of the molecule is CC[NH+](CC)Cc1c(O)ccc2c(=O)c(-c3ccccc3)coc12. The predicted molar refractivity (Wildman–Crippen MR) is 95.3 cm³/mol. The Balaban J connectivity index is 2.17. The molecule has 0 fully saturated rings. The van der Waals surface area contributed by atoms with Crippen LogP contribution in [-0.4, -0.2) is 18.2 Å². The zero-order valence-electron chi connectivity index (χ0n) is 14.0. The summed E-state index contributed by atoms with van der Waals surface area (Å²) >= 11 is 0. The number of fused-ring (bicyclic) bond motifs is 1. The molecule has 1 heterocycles. The molecule has 4 nitrogen and oxygen atoms in total. The first-order valence-electron chi connectivity index (χ1n) is 8.31. The van der Waals surface area contributed by atoms with Crippen LogP contribution in [0.5, 0.6) is 5.75 Å². The smallest absolute Gasteiger partial charge is 0.200 e. The van der Waals surface area contributed by atoms with Gasteiger partial charge in [0.15, 0.2) is 0 Å². The lowest BCUT2D eigenvalue weighted by Gasteiger charge is -2.17. The Bertz CT molecular complexity index is 896. The molecule has 3 rings (SSSR count). The molecule has 0 atom stereocenters. The Labute approximate surface area is 141 Å². The van der Waals surface area contributed by atoms with E-state index in [1.165, 1.54) is 11.2 Å². The number of hydrogen-bond donors (Lipinski definition) is 2. The van der Waals surface area contributed by atoms with Gasteiger partial charge >= 0.3 is 0 Å². The quantitative estimate of drug-likeness (QED) is 0.758. The minimum Gasteiger partial charge on any atom is -0.507 e. The monoisotopic (exact) mass is 324 g/mol. The predicted octanol–water partition coefficient (Wildman–Crippen LogP) is 2.59. The topological polar surface area (TPSA) is 54.9 Å². The first-order chi connectivity index (χ1) is 11.7. The Morgan fingerprint density at radius 2 is 1.75 bits per heavy atom. The highest BCUT2D eigenvalue weighted by Gasteiger charge is 2.18. The molecule has 0 unspecified atom stereocenters. The molecule has 24 heavy (non-hydrogen) atoms. The summed E-state index contributed by atoms with van der Waals surface area (Å²) in [6.07, 6.45) is 1.50. The van der Waals surface area contributed by atoms with Gasteiger partial charge in [-0.2, -0.15) is 0 Å². The summed E-state index contributed by atoms with van der Waals surface area (Å²) < 4.78 is 5.81. The average molecular weight is 324 g/mol. The lowest BCUT2D eigenvalue weighted by molar-refractivity contribution is -0.910. The molecule has 0 saturated heterocycles. The molecule has 124 valence electrons. The van der Waals surface area contributed by atoms with Crippen LogP contribution >= 0.6 is 0 Å².